The van der Waals surface area contributed by atoms with Crippen molar-refractivity contribution in [1.29, 1.82) is 0 Å². The number of benzene rings is 3. The van der Waals surface area contributed by atoms with E-state index in [0.717, 1.165) is 16.7 Å². The van der Waals surface area contributed by atoms with E-state index in [1.165, 1.54) is 7.11 Å². The number of methoxy groups -OCH3 is 1. The summed E-state index contributed by atoms with van der Waals surface area (Å²) in [5.41, 5.74) is 2.09. The molecular formula is C27H30O5. The molecule has 0 aromatic heterocycles. The standard InChI is InChI=1S/C27H30O5/c1-19-23(32-26(30-2)25(29)24(19)28)18-31-27(20-12-6-3-7-13-20,21-14-8-4-9-15-21)22-16-10-5-11-17-22/h3-17,19,23-26,28-29H,18H2,1-2H3. The Morgan fingerprint density at radius 1 is 0.750 bits per heavy atom. The molecule has 5 unspecified atom stereocenters. The third-order valence-electron chi connectivity index (χ3n) is 6.30. The molecule has 0 bridgehead atoms. The molecule has 5 atom stereocenters. The molecule has 5 heteroatoms. The molecule has 32 heavy (non-hydrogen) atoms. The van der Waals surface area contributed by atoms with Crippen molar-refractivity contribution in [1.82, 2.24) is 0 Å². The lowest BCUT2D eigenvalue weighted by Crippen LogP contribution is -2.55. The summed E-state index contributed by atoms with van der Waals surface area (Å²) in [5.74, 6) is -0.337. The van der Waals surface area contributed by atoms with Crippen LogP contribution in [-0.4, -0.2) is 48.5 Å². The van der Waals surface area contributed by atoms with E-state index in [4.69, 9.17) is 14.2 Å². The minimum absolute atomic E-state index is 0.198. The maximum absolute atomic E-state index is 10.5. The highest BCUT2D eigenvalue weighted by Gasteiger charge is 2.45. The summed E-state index contributed by atoms with van der Waals surface area (Å²) >= 11 is 0. The van der Waals surface area contributed by atoms with Crippen LogP contribution in [0.15, 0.2) is 91.0 Å². The molecule has 1 fully saturated rings. The van der Waals surface area contributed by atoms with E-state index < -0.39 is 30.2 Å². The van der Waals surface area contributed by atoms with Crippen LogP contribution in [0.3, 0.4) is 0 Å². The van der Waals surface area contributed by atoms with Crippen LogP contribution in [-0.2, 0) is 19.8 Å². The van der Waals surface area contributed by atoms with Crippen molar-refractivity contribution in [2.24, 2.45) is 5.92 Å². The van der Waals surface area contributed by atoms with Gasteiger partial charge in [0.25, 0.3) is 0 Å². The average molecular weight is 435 g/mol. The highest BCUT2D eigenvalue weighted by atomic mass is 16.7. The molecule has 0 radical (unpaired) electrons. The molecule has 0 aliphatic carbocycles. The van der Waals surface area contributed by atoms with Gasteiger partial charge in [0.15, 0.2) is 6.29 Å². The summed E-state index contributed by atoms with van der Waals surface area (Å²) in [6, 6.07) is 30.3. The molecule has 5 nitrogen and oxygen atoms in total. The molecule has 1 aliphatic rings. The predicted molar refractivity (Wildman–Crippen MR) is 122 cm³/mol. The second-order valence-corrected chi connectivity index (χ2v) is 8.21. The van der Waals surface area contributed by atoms with Crippen molar-refractivity contribution in [3.63, 3.8) is 0 Å². The summed E-state index contributed by atoms with van der Waals surface area (Å²) < 4.78 is 18.0. The zero-order chi connectivity index (χ0) is 22.6. The third kappa shape index (κ3) is 4.22. The first kappa shape index (κ1) is 22.6. The second-order valence-electron chi connectivity index (χ2n) is 8.21. The lowest BCUT2D eigenvalue weighted by Gasteiger charge is -2.43. The van der Waals surface area contributed by atoms with Crippen LogP contribution in [0, 0.1) is 5.92 Å². The van der Waals surface area contributed by atoms with E-state index in [2.05, 4.69) is 36.4 Å². The number of hydrogen-bond donors (Lipinski definition) is 2. The predicted octanol–water partition coefficient (Wildman–Crippen LogP) is 3.72. The smallest absolute Gasteiger partial charge is 0.186 e. The molecule has 1 saturated heterocycles. The van der Waals surface area contributed by atoms with Gasteiger partial charge in [-0.05, 0) is 16.7 Å². The normalized spacial score (nSPS) is 26.1. The number of aliphatic hydroxyl groups is 2. The van der Waals surface area contributed by atoms with Crippen LogP contribution < -0.4 is 0 Å². The maximum atomic E-state index is 10.5. The molecule has 3 aromatic rings. The fourth-order valence-corrected chi connectivity index (χ4v) is 4.43. The van der Waals surface area contributed by atoms with Crippen molar-refractivity contribution in [2.75, 3.05) is 13.7 Å². The number of hydrogen-bond acceptors (Lipinski definition) is 5. The van der Waals surface area contributed by atoms with Crippen LogP contribution >= 0.6 is 0 Å². The van der Waals surface area contributed by atoms with E-state index >= 15 is 0 Å². The van der Waals surface area contributed by atoms with Crippen LogP contribution in [0.25, 0.3) is 0 Å². The molecule has 2 N–H and O–H groups in total. The molecule has 1 aliphatic heterocycles. The first-order chi connectivity index (χ1) is 15.6. The first-order valence-corrected chi connectivity index (χ1v) is 10.9. The van der Waals surface area contributed by atoms with Gasteiger partial charge < -0.3 is 24.4 Å². The third-order valence-corrected chi connectivity index (χ3v) is 6.30. The minimum atomic E-state index is -1.10. The average Bonchev–Trinajstić information content (AvgIpc) is 2.86. The highest BCUT2D eigenvalue weighted by Crippen LogP contribution is 2.41. The fraction of sp³-hybridized carbons (Fsp3) is 0.333. The summed E-state index contributed by atoms with van der Waals surface area (Å²) in [5, 5.41) is 20.8. The summed E-state index contributed by atoms with van der Waals surface area (Å²) in [4.78, 5) is 0. The summed E-state index contributed by atoms with van der Waals surface area (Å²) in [6.07, 6.45) is -3.45. The van der Waals surface area contributed by atoms with Gasteiger partial charge >= 0.3 is 0 Å². The van der Waals surface area contributed by atoms with E-state index in [1.54, 1.807) is 0 Å². The number of aliphatic hydroxyl groups excluding tert-OH is 2. The Bertz CT molecular complexity index is 864. The van der Waals surface area contributed by atoms with Crippen molar-refractivity contribution >= 4 is 0 Å². The van der Waals surface area contributed by atoms with Crippen LogP contribution in [0.1, 0.15) is 23.6 Å². The van der Waals surface area contributed by atoms with Crippen LogP contribution in [0.2, 0.25) is 0 Å². The van der Waals surface area contributed by atoms with Crippen molar-refractivity contribution in [3.05, 3.63) is 108 Å². The maximum Gasteiger partial charge on any atom is 0.186 e. The largest absolute Gasteiger partial charge is 0.390 e. The molecular weight excluding hydrogens is 404 g/mol. The summed E-state index contributed by atoms with van der Waals surface area (Å²) in [6.45, 7) is 2.05. The molecule has 3 aromatic carbocycles. The molecule has 0 saturated carbocycles. The van der Waals surface area contributed by atoms with E-state index in [1.807, 2.05) is 61.5 Å². The number of rotatable bonds is 7. The summed E-state index contributed by atoms with van der Waals surface area (Å²) in [7, 11) is 1.46. The SMILES string of the molecule is COC1OC(COC(c2ccccc2)(c2ccccc2)c2ccccc2)C(C)C(O)C1O. The number of ether oxygens (including phenoxy) is 3. The van der Waals surface area contributed by atoms with Crippen molar-refractivity contribution < 1.29 is 24.4 Å². The quantitative estimate of drug-likeness (QED) is 0.555. The van der Waals surface area contributed by atoms with Gasteiger partial charge in [-0.2, -0.15) is 0 Å². The minimum Gasteiger partial charge on any atom is -0.390 e. The Labute approximate surface area is 189 Å². The van der Waals surface area contributed by atoms with Gasteiger partial charge in [-0.15, -0.1) is 0 Å². The first-order valence-electron chi connectivity index (χ1n) is 10.9. The fourth-order valence-electron chi connectivity index (χ4n) is 4.43. The van der Waals surface area contributed by atoms with Gasteiger partial charge in [0.2, 0.25) is 0 Å². The monoisotopic (exact) mass is 434 g/mol. The van der Waals surface area contributed by atoms with E-state index in [9.17, 15) is 10.2 Å². The lowest BCUT2D eigenvalue weighted by atomic mass is 9.80. The Balaban J connectivity index is 1.77. The molecule has 0 spiro atoms. The zero-order valence-electron chi connectivity index (χ0n) is 18.4. The van der Waals surface area contributed by atoms with Gasteiger partial charge in [-0.1, -0.05) is 97.9 Å². The molecule has 168 valence electrons. The van der Waals surface area contributed by atoms with E-state index in [-0.39, 0.29) is 12.5 Å². The Kier molecular flexibility index (Phi) is 7.04. The van der Waals surface area contributed by atoms with Gasteiger partial charge in [-0.25, -0.2) is 0 Å². The molecule has 0 amide bonds. The van der Waals surface area contributed by atoms with Crippen molar-refractivity contribution in [2.45, 2.75) is 37.1 Å². The van der Waals surface area contributed by atoms with E-state index in [0.29, 0.717) is 0 Å². The highest BCUT2D eigenvalue weighted by molar-refractivity contribution is 5.47. The van der Waals surface area contributed by atoms with Gasteiger partial charge in [-0.3, -0.25) is 0 Å². The second kappa shape index (κ2) is 9.94. The Morgan fingerprint density at radius 2 is 1.19 bits per heavy atom. The Morgan fingerprint density at radius 3 is 1.59 bits per heavy atom. The van der Waals surface area contributed by atoms with Gasteiger partial charge in [0, 0.05) is 13.0 Å². The van der Waals surface area contributed by atoms with Crippen LogP contribution in [0.4, 0.5) is 0 Å². The molecule has 4 rings (SSSR count). The lowest BCUT2D eigenvalue weighted by molar-refractivity contribution is -0.285. The topological polar surface area (TPSA) is 68.2 Å². The Hall–Kier alpha value is -2.54. The molecule has 1 heterocycles. The zero-order valence-corrected chi connectivity index (χ0v) is 18.4. The van der Waals surface area contributed by atoms with Crippen LogP contribution in [0.5, 0.6) is 0 Å². The van der Waals surface area contributed by atoms with Crippen molar-refractivity contribution in [3.8, 4) is 0 Å². The van der Waals surface area contributed by atoms with Gasteiger partial charge in [0.1, 0.15) is 11.7 Å². The van der Waals surface area contributed by atoms with Gasteiger partial charge in [0.05, 0.1) is 18.8 Å².